The summed E-state index contributed by atoms with van der Waals surface area (Å²) in [6, 6.07) is 28.7. The number of anilines is 2. The van der Waals surface area contributed by atoms with E-state index < -0.39 is 36.4 Å². The number of para-hydroxylation sites is 1. The Morgan fingerprint density at radius 2 is 1.67 bits per heavy atom. The van der Waals surface area contributed by atoms with Crippen LogP contribution in [0.4, 0.5) is 24.5 Å². The predicted molar refractivity (Wildman–Crippen MR) is 241 cm³/mol. The summed E-state index contributed by atoms with van der Waals surface area (Å²) >= 11 is 0. The van der Waals surface area contributed by atoms with E-state index in [1.807, 2.05) is 12.1 Å². The molecule has 3 fully saturated rings. The first kappa shape index (κ1) is 44.3. The Morgan fingerprint density at radius 1 is 0.879 bits per heavy atom. The van der Waals surface area contributed by atoms with E-state index >= 15 is 13.2 Å². The van der Waals surface area contributed by atoms with Crippen molar-refractivity contribution in [3.05, 3.63) is 108 Å². The lowest BCUT2D eigenvalue weighted by Gasteiger charge is -2.43. The van der Waals surface area contributed by atoms with Crippen LogP contribution in [0.2, 0.25) is 0 Å². The van der Waals surface area contributed by atoms with Crippen LogP contribution in [0.15, 0.2) is 91.0 Å². The lowest BCUT2D eigenvalue weighted by Crippen LogP contribution is -2.58. The van der Waals surface area contributed by atoms with Gasteiger partial charge in [0.1, 0.15) is 18.1 Å². The minimum Gasteiger partial charge on any atom is -0.492 e. The highest BCUT2D eigenvalue weighted by Crippen LogP contribution is 2.46. The highest BCUT2D eigenvalue weighted by atomic mass is 19.4. The van der Waals surface area contributed by atoms with Gasteiger partial charge in [-0.1, -0.05) is 30.3 Å². The average molecular weight is 902 g/mol. The normalized spacial score (nSPS) is 20.0. The van der Waals surface area contributed by atoms with Crippen molar-refractivity contribution in [2.75, 3.05) is 56.1 Å². The second-order valence-electron chi connectivity index (χ2n) is 17.6. The summed E-state index contributed by atoms with van der Waals surface area (Å²) in [4.78, 5) is 58.0. The van der Waals surface area contributed by atoms with Crippen LogP contribution in [0.3, 0.4) is 0 Å². The van der Waals surface area contributed by atoms with Gasteiger partial charge in [-0.3, -0.25) is 24.5 Å². The van der Waals surface area contributed by atoms with Crippen LogP contribution in [-0.4, -0.2) is 91.2 Å². The highest BCUT2D eigenvalue weighted by molar-refractivity contribution is 6.02. The Balaban J connectivity index is 0.781. The van der Waals surface area contributed by atoms with Gasteiger partial charge in [0.15, 0.2) is 0 Å². The van der Waals surface area contributed by atoms with Crippen LogP contribution in [0.5, 0.6) is 11.5 Å². The zero-order chi connectivity index (χ0) is 46.0. The molecule has 0 radical (unpaired) electrons. The quantitative estimate of drug-likeness (QED) is 0.0731. The molecule has 0 saturated carbocycles. The highest BCUT2D eigenvalue weighted by Gasteiger charge is 2.59. The maximum Gasteiger partial charge on any atom is 0.428 e. The number of amides is 4. The van der Waals surface area contributed by atoms with Gasteiger partial charge in [0, 0.05) is 86.2 Å². The molecule has 0 spiro atoms. The van der Waals surface area contributed by atoms with Crippen LogP contribution >= 0.6 is 0 Å². The maximum absolute atomic E-state index is 15.1. The Kier molecular flexibility index (Phi) is 12.5. The van der Waals surface area contributed by atoms with Gasteiger partial charge in [-0.05, 0) is 104 Å². The molecule has 1 unspecified atom stereocenters. The van der Waals surface area contributed by atoms with Gasteiger partial charge in [-0.2, -0.15) is 18.4 Å². The van der Waals surface area contributed by atoms with Crippen LogP contribution in [0.25, 0.3) is 22.2 Å². The number of aromatic amines is 1. The monoisotopic (exact) mass is 901 g/mol. The van der Waals surface area contributed by atoms with Crippen molar-refractivity contribution in [3.63, 3.8) is 0 Å². The number of ether oxygens (including phenoxy) is 2. The van der Waals surface area contributed by atoms with E-state index in [-0.39, 0.29) is 48.9 Å². The molecule has 0 aliphatic carbocycles. The molecule has 3 saturated heterocycles. The number of H-pyrrole nitrogens is 1. The van der Waals surface area contributed by atoms with Gasteiger partial charge in [0.25, 0.3) is 0 Å². The number of carbonyl (C=O) groups is 4. The van der Waals surface area contributed by atoms with E-state index in [1.165, 1.54) is 11.0 Å². The number of hydrogen-bond donors (Lipinski definition) is 4. The molecule has 13 nitrogen and oxygen atoms in total. The Bertz CT molecular complexity index is 2700. The minimum atomic E-state index is -4.77. The van der Waals surface area contributed by atoms with Gasteiger partial charge >= 0.3 is 6.18 Å². The maximum atomic E-state index is 15.1. The average Bonchev–Trinajstić information content (AvgIpc) is 3.76. The molecule has 16 heteroatoms. The molecule has 4 amide bonds. The van der Waals surface area contributed by atoms with E-state index in [1.54, 1.807) is 60.7 Å². The van der Waals surface area contributed by atoms with Gasteiger partial charge in [0.05, 0.1) is 29.2 Å². The molecule has 5 aromatic rings. The molecule has 4 aliphatic rings. The van der Waals surface area contributed by atoms with Crippen molar-refractivity contribution in [1.82, 2.24) is 20.5 Å². The van der Waals surface area contributed by atoms with E-state index in [2.05, 4.69) is 44.0 Å². The molecule has 4 aromatic carbocycles. The Hall–Kier alpha value is -6.86. The van der Waals surface area contributed by atoms with E-state index in [4.69, 9.17) is 9.47 Å². The second kappa shape index (κ2) is 18.6. The minimum absolute atomic E-state index is 0.0223. The molecule has 4 aliphatic heterocycles. The number of likely N-dealkylation sites (tertiary alicyclic amines) is 1. The summed E-state index contributed by atoms with van der Waals surface area (Å²) in [6.07, 6.45) is -3.09. The number of carbonyl (C=O) groups excluding carboxylic acids is 4. The fourth-order valence-electron chi connectivity index (χ4n) is 9.78. The smallest absolute Gasteiger partial charge is 0.428 e. The molecular formula is C50H50F3N7O6. The van der Waals surface area contributed by atoms with E-state index in [0.29, 0.717) is 76.6 Å². The third-order valence-electron chi connectivity index (χ3n) is 13.5. The molecule has 2 atom stereocenters. The van der Waals surface area contributed by atoms with E-state index in [9.17, 15) is 24.4 Å². The number of nitrogens with one attached hydrogen (secondary N) is 4. The Morgan fingerprint density at radius 3 is 2.44 bits per heavy atom. The van der Waals surface area contributed by atoms with Gasteiger partial charge in [-0.15, -0.1) is 0 Å². The number of benzene rings is 4. The third kappa shape index (κ3) is 9.17. The zero-order valence-corrected chi connectivity index (χ0v) is 36.2. The van der Waals surface area contributed by atoms with Crippen molar-refractivity contribution in [1.29, 1.82) is 5.26 Å². The number of piperidine rings is 3. The third-order valence-corrected chi connectivity index (χ3v) is 13.5. The number of nitrogens with zero attached hydrogens (tertiary/aromatic N) is 3. The summed E-state index contributed by atoms with van der Waals surface area (Å²) in [5.41, 5.74) is 2.45. The number of hydrogen-bond acceptors (Lipinski definition) is 9. The van der Waals surface area contributed by atoms with E-state index in [0.717, 1.165) is 43.7 Å². The number of halogens is 3. The molecule has 4 N–H and O–H groups in total. The SMILES string of the molecule is N#Cc1cccc2[nH]c(-c3ccccc3OC3(C(F)(F)F)CCN(C(=O)[C@H]4CC(=O)Nc5ccc(OCCNCC6CCN(c7cccc(C8CCC(=O)NC8=O)c7)CC6)cc54)CC3)cc12. The number of alkyl halides is 3. The number of rotatable bonds is 12. The number of imide groups is 1. The van der Waals surface area contributed by atoms with Crippen LogP contribution in [0.1, 0.15) is 73.5 Å². The van der Waals surface area contributed by atoms with Gasteiger partial charge in [0.2, 0.25) is 29.2 Å². The molecule has 66 heavy (non-hydrogen) atoms. The summed E-state index contributed by atoms with van der Waals surface area (Å²) in [7, 11) is 0. The molecule has 5 heterocycles. The largest absolute Gasteiger partial charge is 0.492 e. The molecule has 9 rings (SSSR count). The molecule has 0 bridgehead atoms. The standard InChI is InChI=1S/C50H50F3N7O6/c51-50(52,53)49(66-44-10-2-1-8-37(44)43-27-38-33(29-54)6-4-9-41(38)56-43)17-22-60(23-18-49)48(64)40-28-46(62)57-42-13-11-35(26-39(40)42)65-24-19-55-30-31-15-20-59(21-16-31)34-7-3-5-32(25-34)36-12-14-45(61)58-47(36)63/h1-11,13,25-27,31,36,40,55-56H,12,14-24,28,30H2,(H,57,62)(H,58,61,63)/t36?,40-/m0/s1. The topological polar surface area (TPSA) is 169 Å². The summed E-state index contributed by atoms with van der Waals surface area (Å²) in [5, 5.41) is 19.0. The van der Waals surface area contributed by atoms with Crippen molar-refractivity contribution in [2.24, 2.45) is 5.92 Å². The summed E-state index contributed by atoms with van der Waals surface area (Å²) < 4.78 is 57.4. The second-order valence-corrected chi connectivity index (χ2v) is 17.6. The van der Waals surface area contributed by atoms with Gasteiger partial charge in [-0.25, -0.2) is 0 Å². The Labute approximate surface area is 379 Å². The first-order valence-electron chi connectivity index (χ1n) is 22.5. The van der Waals surface area contributed by atoms with Crippen LogP contribution < -0.4 is 30.3 Å². The zero-order valence-electron chi connectivity index (χ0n) is 36.2. The lowest BCUT2D eigenvalue weighted by atomic mass is 9.86. The van der Waals surface area contributed by atoms with Crippen molar-refractivity contribution < 1.29 is 41.8 Å². The number of nitriles is 1. The van der Waals surface area contributed by atoms with Crippen molar-refractivity contribution in [2.45, 2.75) is 68.6 Å². The summed E-state index contributed by atoms with van der Waals surface area (Å²) in [6.45, 7) is 3.05. The fraction of sp³-hybridized carbons (Fsp3) is 0.380. The first-order valence-corrected chi connectivity index (χ1v) is 22.5. The fourth-order valence-corrected chi connectivity index (χ4v) is 9.78. The number of aromatic nitrogens is 1. The van der Waals surface area contributed by atoms with Crippen LogP contribution in [0, 0.1) is 17.2 Å². The predicted octanol–water partition coefficient (Wildman–Crippen LogP) is 7.54. The van der Waals surface area contributed by atoms with Crippen molar-refractivity contribution in [3.8, 4) is 28.8 Å². The first-order chi connectivity index (χ1) is 31.9. The molecular weight excluding hydrogens is 852 g/mol. The van der Waals surface area contributed by atoms with Gasteiger partial charge < -0.3 is 34.9 Å². The molecule has 342 valence electrons. The van der Waals surface area contributed by atoms with Crippen molar-refractivity contribution >= 4 is 45.9 Å². The lowest BCUT2D eigenvalue weighted by molar-refractivity contribution is -0.260. The number of fused-ring (bicyclic) bond motifs is 2. The summed E-state index contributed by atoms with van der Waals surface area (Å²) in [5.74, 6) is -1.46. The molecule has 1 aromatic heterocycles. The van der Waals surface area contributed by atoms with Crippen LogP contribution in [-0.2, 0) is 19.2 Å².